The number of piperidine rings is 2. The molecule has 9 heteroatoms. The molecule has 0 radical (unpaired) electrons. The highest BCUT2D eigenvalue weighted by atomic mass is 32.2. The van der Waals surface area contributed by atoms with Crippen molar-refractivity contribution in [1.29, 1.82) is 0 Å². The van der Waals surface area contributed by atoms with Crippen LogP contribution in [0.2, 0.25) is 0 Å². The first-order valence-corrected chi connectivity index (χ1v) is 8.50. The molecular formula is C12H21F3N2O3S. The van der Waals surface area contributed by atoms with Gasteiger partial charge in [-0.3, -0.25) is 0 Å². The number of halogens is 3. The number of hydrogen-bond donors (Lipinski definition) is 1. The van der Waals surface area contributed by atoms with Gasteiger partial charge in [-0.25, -0.2) is 0 Å². The Morgan fingerprint density at radius 2 is 1.71 bits per heavy atom. The largest absolute Gasteiger partial charge is 0.417 e. The summed E-state index contributed by atoms with van der Waals surface area (Å²) in [5.74, 6) is 0.255. The maximum atomic E-state index is 12.7. The third-order valence-electron chi connectivity index (χ3n) is 4.35. The van der Waals surface area contributed by atoms with E-state index in [4.69, 9.17) is 0 Å². The highest BCUT2D eigenvalue weighted by Crippen LogP contribution is 2.39. The highest BCUT2D eigenvalue weighted by Gasteiger charge is 2.55. The summed E-state index contributed by atoms with van der Waals surface area (Å²) in [6, 6.07) is 0. The minimum atomic E-state index is -4.72. The van der Waals surface area contributed by atoms with Crippen molar-refractivity contribution in [2.75, 3.05) is 26.2 Å². The molecule has 0 aromatic heterocycles. The van der Waals surface area contributed by atoms with E-state index < -0.39 is 34.8 Å². The van der Waals surface area contributed by atoms with Gasteiger partial charge in [0.05, 0.1) is 0 Å². The van der Waals surface area contributed by atoms with Gasteiger partial charge in [-0.15, -0.1) is 0 Å². The lowest BCUT2D eigenvalue weighted by atomic mass is 9.92. The maximum Gasteiger partial charge on any atom is 0.417 e. The van der Waals surface area contributed by atoms with E-state index in [1.807, 2.05) is 6.92 Å². The van der Waals surface area contributed by atoms with Crippen molar-refractivity contribution in [3.63, 3.8) is 0 Å². The number of rotatable bonds is 2. The molecule has 5 nitrogen and oxygen atoms in total. The van der Waals surface area contributed by atoms with Crippen LogP contribution in [0.4, 0.5) is 13.2 Å². The molecule has 2 aliphatic rings. The molecule has 0 aromatic rings. The molecule has 1 N–H and O–H groups in total. The molecule has 0 unspecified atom stereocenters. The Hall–Kier alpha value is -0.380. The second kappa shape index (κ2) is 5.68. The van der Waals surface area contributed by atoms with Crippen LogP contribution in [0.3, 0.4) is 0 Å². The lowest BCUT2D eigenvalue weighted by molar-refractivity contribution is -0.270. The van der Waals surface area contributed by atoms with Gasteiger partial charge in [-0.05, 0) is 31.6 Å². The molecule has 0 aliphatic carbocycles. The van der Waals surface area contributed by atoms with Gasteiger partial charge in [-0.2, -0.15) is 30.2 Å². The maximum absolute atomic E-state index is 12.7. The Kier molecular flexibility index (Phi) is 4.59. The Bertz CT molecular complexity index is 473. The zero-order valence-electron chi connectivity index (χ0n) is 11.9. The Balaban J connectivity index is 2.04. The van der Waals surface area contributed by atoms with Gasteiger partial charge in [0.15, 0.2) is 5.60 Å². The van der Waals surface area contributed by atoms with Crippen LogP contribution < -0.4 is 0 Å². The minimum Gasteiger partial charge on any atom is -0.380 e. The Morgan fingerprint density at radius 1 is 1.14 bits per heavy atom. The third-order valence-corrected chi connectivity index (χ3v) is 6.35. The third kappa shape index (κ3) is 3.35. The average Bonchev–Trinajstić information content (AvgIpc) is 2.38. The van der Waals surface area contributed by atoms with E-state index in [9.17, 15) is 26.7 Å². The summed E-state index contributed by atoms with van der Waals surface area (Å²) >= 11 is 0. The SMILES string of the molecule is C[C@H]1CCCN(S(=O)(=O)N2CCC(O)(C(F)(F)F)CC2)C1. The standard InChI is InChI=1S/C12H21F3N2O3S/c1-10-3-2-6-17(9-10)21(19,20)16-7-4-11(18,5-8-16)12(13,14)15/h10,18H,2-9H2,1H3/t10-/m0/s1. The molecule has 2 rings (SSSR count). The Labute approximate surface area is 122 Å². The molecule has 2 saturated heterocycles. The quantitative estimate of drug-likeness (QED) is 0.831. The van der Waals surface area contributed by atoms with E-state index in [0.717, 1.165) is 17.1 Å². The van der Waals surface area contributed by atoms with Gasteiger partial charge in [0.25, 0.3) is 10.2 Å². The fourth-order valence-electron chi connectivity index (χ4n) is 2.89. The summed E-state index contributed by atoms with van der Waals surface area (Å²) in [6.07, 6.45) is -4.22. The second-order valence-electron chi connectivity index (χ2n) is 6.04. The normalized spacial score (nSPS) is 29.5. The first-order chi connectivity index (χ1) is 9.56. The van der Waals surface area contributed by atoms with Crippen LogP contribution >= 0.6 is 0 Å². The van der Waals surface area contributed by atoms with Gasteiger partial charge >= 0.3 is 6.18 Å². The van der Waals surface area contributed by atoms with Crippen LogP contribution in [0.5, 0.6) is 0 Å². The van der Waals surface area contributed by atoms with Crippen molar-refractivity contribution in [2.45, 2.75) is 44.4 Å². The summed E-state index contributed by atoms with van der Waals surface area (Å²) in [7, 11) is -3.73. The summed E-state index contributed by atoms with van der Waals surface area (Å²) in [5.41, 5.74) is -2.77. The number of alkyl halides is 3. The molecule has 2 heterocycles. The second-order valence-corrected chi connectivity index (χ2v) is 7.97. The molecular weight excluding hydrogens is 309 g/mol. The van der Waals surface area contributed by atoms with E-state index >= 15 is 0 Å². The van der Waals surface area contributed by atoms with Gasteiger partial charge in [0.1, 0.15) is 0 Å². The zero-order chi connectivity index (χ0) is 15.9. The van der Waals surface area contributed by atoms with Crippen molar-refractivity contribution in [2.24, 2.45) is 5.92 Å². The molecule has 1 atom stereocenters. The summed E-state index contributed by atoms with van der Waals surface area (Å²) in [6.45, 7) is 2.17. The van der Waals surface area contributed by atoms with Crippen molar-refractivity contribution in [1.82, 2.24) is 8.61 Å². The monoisotopic (exact) mass is 330 g/mol. The van der Waals surface area contributed by atoms with Crippen LogP contribution in [-0.2, 0) is 10.2 Å². The summed E-state index contributed by atoms with van der Waals surface area (Å²) in [4.78, 5) is 0. The van der Waals surface area contributed by atoms with Crippen LogP contribution in [0.15, 0.2) is 0 Å². The lowest BCUT2D eigenvalue weighted by Crippen LogP contribution is -2.57. The van der Waals surface area contributed by atoms with Crippen molar-refractivity contribution >= 4 is 10.2 Å². The van der Waals surface area contributed by atoms with E-state index in [0.29, 0.717) is 13.1 Å². The molecule has 0 spiro atoms. The summed E-state index contributed by atoms with van der Waals surface area (Å²) in [5, 5.41) is 9.58. The van der Waals surface area contributed by atoms with Crippen LogP contribution in [0, 0.1) is 5.92 Å². The van der Waals surface area contributed by atoms with Crippen molar-refractivity contribution < 1.29 is 26.7 Å². The summed E-state index contributed by atoms with van der Waals surface area (Å²) < 4.78 is 65.5. The average molecular weight is 330 g/mol. The smallest absolute Gasteiger partial charge is 0.380 e. The van der Waals surface area contributed by atoms with E-state index in [2.05, 4.69) is 0 Å². The van der Waals surface area contributed by atoms with Crippen molar-refractivity contribution in [3.05, 3.63) is 0 Å². The van der Waals surface area contributed by atoms with Crippen LogP contribution in [0.1, 0.15) is 32.6 Å². The first kappa shape index (κ1) is 17.0. The van der Waals surface area contributed by atoms with Gasteiger partial charge in [0.2, 0.25) is 0 Å². The number of hydrogen-bond acceptors (Lipinski definition) is 3. The van der Waals surface area contributed by atoms with E-state index in [1.54, 1.807) is 0 Å². The molecule has 0 saturated carbocycles. The van der Waals surface area contributed by atoms with E-state index in [1.165, 1.54) is 4.31 Å². The molecule has 2 fully saturated rings. The highest BCUT2D eigenvalue weighted by molar-refractivity contribution is 7.86. The molecule has 21 heavy (non-hydrogen) atoms. The van der Waals surface area contributed by atoms with Crippen LogP contribution in [0.25, 0.3) is 0 Å². The lowest BCUT2D eigenvalue weighted by Gasteiger charge is -2.41. The fourth-order valence-corrected chi connectivity index (χ4v) is 4.66. The molecule has 124 valence electrons. The predicted octanol–water partition coefficient (Wildman–Crippen LogP) is 1.35. The van der Waals surface area contributed by atoms with Crippen LogP contribution in [-0.4, -0.2) is 60.1 Å². The first-order valence-electron chi connectivity index (χ1n) is 7.10. The molecule has 2 aliphatic heterocycles. The van der Waals surface area contributed by atoms with E-state index in [-0.39, 0.29) is 19.0 Å². The zero-order valence-corrected chi connectivity index (χ0v) is 12.8. The topological polar surface area (TPSA) is 60.9 Å². The number of aliphatic hydroxyl groups is 1. The van der Waals surface area contributed by atoms with Crippen molar-refractivity contribution in [3.8, 4) is 0 Å². The fraction of sp³-hybridized carbons (Fsp3) is 1.00. The van der Waals surface area contributed by atoms with Gasteiger partial charge < -0.3 is 5.11 Å². The predicted molar refractivity (Wildman–Crippen MR) is 70.7 cm³/mol. The van der Waals surface area contributed by atoms with Gasteiger partial charge in [0, 0.05) is 26.2 Å². The molecule has 0 aromatic carbocycles. The number of nitrogens with zero attached hydrogens (tertiary/aromatic N) is 2. The van der Waals surface area contributed by atoms with Gasteiger partial charge in [-0.1, -0.05) is 6.92 Å². The molecule has 0 amide bonds. The Morgan fingerprint density at radius 3 is 2.19 bits per heavy atom. The molecule has 0 bridgehead atoms. The minimum absolute atomic E-state index is 0.255.